The van der Waals surface area contributed by atoms with E-state index in [1.54, 1.807) is 12.1 Å². The SMILES string of the molecule is CCCCCCCCCC[C@H]1CC[C@H](COc2ccc(C(=O)Oc3ccc(C#N)c(F)c3)c(F)c2)CC1. The number of rotatable bonds is 14. The molecule has 0 N–H and O–H groups in total. The number of carbonyl (C=O) groups excluding carboxylic acids is 1. The van der Waals surface area contributed by atoms with Gasteiger partial charge in [0.25, 0.3) is 0 Å². The molecule has 1 saturated carbocycles. The summed E-state index contributed by atoms with van der Waals surface area (Å²) in [7, 11) is 0. The zero-order valence-corrected chi connectivity index (χ0v) is 21.9. The van der Waals surface area contributed by atoms with E-state index >= 15 is 0 Å². The predicted molar refractivity (Wildman–Crippen MR) is 141 cm³/mol. The lowest BCUT2D eigenvalue weighted by atomic mass is 9.80. The van der Waals surface area contributed by atoms with Crippen LogP contribution in [0.4, 0.5) is 8.78 Å². The summed E-state index contributed by atoms with van der Waals surface area (Å²) >= 11 is 0. The number of carbonyl (C=O) groups is 1. The number of hydrogen-bond donors (Lipinski definition) is 0. The van der Waals surface area contributed by atoms with Crippen molar-refractivity contribution in [2.24, 2.45) is 11.8 Å². The molecular weight excluding hydrogens is 472 g/mol. The molecule has 3 rings (SSSR count). The summed E-state index contributed by atoms with van der Waals surface area (Å²) in [6.45, 7) is 2.80. The molecule has 4 nitrogen and oxygen atoms in total. The maximum Gasteiger partial charge on any atom is 0.346 e. The minimum atomic E-state index is -0.942. The fourth-order valence-corrected chi connectivity index (χ4v) is 5.03. The number of benzene rings is 2. The summed E-state index contributed by atoms with van der Waals surface area (Å²) < 4.78 is 39.2. The number of nitriles is 1. The number of nitrogens with zero attached hydrogens (tertiary/aromatic N) is 1. The Kier molecular flexibility index (Phi) is 11.9. The van der Waals surface area contributed by atoms with Gasteiger partial charge < -0.3 is 9.47 Å². The van der Waals surface area contributed by atoms with Gasteiger partial charge in [-0.15, -0.1) is 0 Å². The maximum atomic E-state index is 14.6. The second-order valence-electron chi connectivity index (χ2n) is 10.2. The fraction of sp³-hybridized carbons (Fsp3) is 0.548. The van der Waals surface area contributed by atoms with Gasteiger partial charge in [0.15, 0.2) is 0 Å². The summed E-state index contributed by atoms with van der Waals surface area (Å²) in [5.41, 5.74) is -0.428. The average Bonchev–Trinajstić information content (AvgIpc) is 2.90. The molecule has 0 saturated heterocycles. The molecule has 0 aromatic heterocycles. The highest BCUT2D eigenvalue weighted by molar-refractivity contribution is 5.91. The molecular formula is C31H39F2NO3. The van der Waals surface area contributed by atoms with Crippen LogP contribution in [0.2, 0.25) is 0 Å². The second-order valence-corrected chi connectivity index (χ2v) is 10.2. The van der Waals surface area contributed by atoms with Crippen molar-refractivity contribution in [3.05, 3.63) is 59.2 Å². The van der Waals surface area contributed by atoms with E-state index in [1.165, 1.54) is 94.9 Å². The number of hydrogen-bond acceptors (Lipinski definition) is 4. The van der Waals surface area contributed by atoms with E-state index in [0.29, 0.717) is 18.3 Å². The Morgan fingerprint density at radius 3 is 2.14 bits per heavy atom. The third kappa shape index (κ3) is 9.46. The third-order valence-electron chi connectivity index (χ3n) is 7.35. The van der Waals surface area contributed by atoms with Crippen molar-refractivity contribution in [3.8, 4) is 17.6 Å². The summed E-state index contributed by atoms with van der Waals surface area (Å²) in [5, 5.41) is 8.78. The van der Waals surface area contributed by atoms with Gasteiger partial charge in [-0.3, -0.25) is 0 Å². The molecule has 0 atom stereocenters. The lowest BCUT2D eigenvalue weighted by molar-refractivity contribution is 0.0729. The summed E-state index contributed by atoms with van der Waals surface area (Å²) in [4.78, 5) is 12.3. The van der Waals surface area contributed by atoms with Gasteiger partial charge in [-0.1, -0.05) is 77.6 Å². The van der Waals surface area contributed by atoms with Crippen LogP contribution in [0.15, 0.2) is 36.4 Å². The van der Waals surface area contributed by atoms with Gasteiger partial charge in [0, 0.05) is 12.1 Å². The third-order valence-corrected chi connectivity index (χ3v) is 7.35. The number of unbranched alkanes of at least 4 members (excludes halogenated alkanes) is 7. The van der Waals surface area contributed by atoms with Gasteiger partial charge in [-0.05, 0) is 48.9 Å². The van der Waals surface area contributed by atoms with Crippen molar-refractivity contribution >= 4 is 5.97 Å². The maximum absolute atomic E-state index is 14.6. The van der Waals surface area contributed by atoms with Gasteiger partial charge in [0.1, 0.15) is 29.2 Å². The van der Waals surface area contributed by atoms with Gasteiger partial charge in [-0.2, -0.15) is 5.26 Å². The minimum absolute atomic E-state index is 0.0979. The highest BCUT2D eigenvalue weighted by Gasteiger charge is 2.22. The molecule has 0 bridgehead atoms. The molecule has 1 aliphatic rings. The molecule has 1 aliphatic carbocycles. The Morgan fingerprint density at radius 2 is 1.49 bits per heavy atom. The standard InChI is InChI=1S/C31H39F2NO3/c1-2-3-4-5-6-7-8-9-10-23-11-13-24(14-12-23)22-36-26-17-18-28(30(33)19-26)31(35)37-27-16-15-25(21-34)29(32)20-27/h15-20,23-24H,2-14,22H2,1H3/t23-,24-. The molecule has 1 fully saturated rings. The van der Waals surface area contributed by atoms with Gasteiger partial charge in [-0.25, -0.2) is 13.6 Å². The van der Waals surface area contributed by atoms with Crippen molar-refractivity contribution in [1.82, 2.24) is 0 Å². The van der Waals surface area contributed by atoms with Crippen LogP contribution in [-0.2, 0) is 0 Å². The summed E-state index contributed by atoms with van der Waals surface area (Å²) in [5.74, 6) is -0.941. The number of esters is 1. The molecule has 2 aromatic carbocycles. The van der Waals surface area contributed by atoms with Crippen LogP contribution in [0.1, 0.15) is 106 Å². The van der Waals surface area contributed by atoms with E-state index in [9.17, 15) is 13.6 Å². The van der Waals surface area contributed by atoms with E-state index in [4.69, 9.17) is 14.7 Å². The van der Waals surface area contributed by atoms with Crippen molar-refractivity contribution in [3.63, 3.8) is 0 Å². The van der Waals surface area contributed by atoms with Crippen LogP contribution >= 0.6 is 0 Å². The molecule has 0 amide bonds. The van der Waals surface area contributed by atoms with Crippen molar-refractivity contribution in [2.45, 2.75) is 90.4 Å². The Morgan fingerprint density at radius 1 is 0.865 bits per heavy atom. The van der Waals surface area contributed by atoms with Gasteiger partial charge in [0.05, 0.1) is 17.7 Å². The first-order valence-electron chi connectivity index (χ1n) is 13.8. The van der Waals surface area contributed by atoms with E-state index < -0.39 is 17.6 Å². The highest BCUT2D eigenvalue weighted by Crippen LogP contribution is 2.33. The highest BCUT2D eigenvalue weighted by atomic mass is 19.1. The summed E-state index contributed by atoms with van der Waals surface area (Å²) in [6.07, 6.45) is 17.0. The molecule has 0 heterocycles. The zero-order valence-electron chi connectivity index (χ0n) is 21.9. The Hall–Kier alpha value is -2.94. The van der Waals surface area contributed by atoms with E-state index in [2.05, 4.69) is 6.92 Å². The molecule has 0 aliphatic heterocycles. The van der Waals surface area contributed by atoms with Crippen molar-refractivity contribution in [1.29, 1.82) is 5.26 Å². The van der Waals surface area contributed by atoms with Gasteiger partial charge >= 0.3 is 5.97 Å². The topological polar surface area (TPSA) is 59.3 Å². The van der Waals surface area contributed by atoms with Crippen molar-refractivity contribution in [2.75, 3.05) is 6.61 Å². The largest absolute Gasteiger partial charge is 0.493 e. The molecule has 37 heavy (non-hydrogen) atoms. The predicted octanol–water partition coefficient (Wildman–Crippen LogP) is 8.77. The zero-order chi connectivity index (χ0) is 26.5. The molecule has 200 valence electrons. The molecule has 2 aromatic rings. The fourth-order valence-electron chi connectivity index (χ4n) is 5.03. The monoisotopic (exact) mass is 511 g/mol. The number of ether oxygens (including phenoxy) is 2. The van der Waals surface area contributed by atoms with E-state index in [0.717, 1.165) is 24.8 Å². The number of halogens is 2. The lowest BCUT2D eigenvalue weighted by Crippen LogP contribution is -2.20. The van der Waals surface area contributed by atoms with Crippen molar-refractivity contribution < 1.29 is 23.0 Å². The molecule has 0 radical (unpaired) electrons. The van der Waals surface area contributed by atoms with Crippen LogP contribution in [-0.4, -0.2) is 12.6 Å². The Balaban J connectivity index is 1.35. The first-order valence-corrected chi connectivity index (χ1v) is 13.8. The van der Waals surface area contributed by atoms with Crippen LogP contribution < -0.4 is 9.47 Å². The average molecular weight is 512 g/mol. The molecule has 0 spiro atoms. The summed E-state index contributed by atoms with van der Waals surface area (Å²) in [6, 6.07) is 9.16. The Bertz CT molecular complexity index is 1040. The lowest BCUT2D eigenvalue weighted by Gasteiger charge is -2.28. The van der Waals surface area contributed by atoms with E-state index in [1.807, 2.05) is 0 Å². The van der Waals surface area contributed by atoms with Crippen LogP contribution in [0, 0.1) is 34.8 Å². The van der Waals surface area contributed by atoms with Crippen LogP contribution in [0.25, 0.3) is 0 Å². The first-order chi connectivity index (χ1) is 18.0. The van der Waals surface area contributed by atoms with Crippen LogP contribution in [0.3, 0.4) is 0 Å². The minimum Gasteiger partial charge on any atom is -0.493 e. The smallest absolute Gasteiger partial charge is 0.346 e. The first kappa shape index (κ1) is 28.6. The quantitative estimate of drug-likeness (QED) is 0.144. The molecule has 6 heteroatoms. The van der Waals surface area contributed by atoms with Gasteiger partial charge in [0.2, 0.25) is 0 Å². The normalized spacial score (nSPS) is 17.2. The van der Waals surface area contributed by atoms with Crippen LogP contribution in [0.5, 0.6) is 11.5 Å². The van der Waals surface area contributed by atoms with E-state index in [-0.39, 0.29) is 16.9 Å². The second kappa shape index (κ2) is 15.3. The molecule has 0 unspecified atom stereocenters. The Labute approximate surface area is 220 Å².